The van der Waals surface area contributed by atoms with Crippen molar-refractivity contribution in [3.8, 4) is 0 Å². The third kappa shape index (κ3) is 5.78. The molecule has 0 aliphatic carbocycles. The molecular weight excluding hydrogens is 542 g/mol. The summed E-state index contributed by atoms with van der Waals surface area (Å²) in [5, 5.41) is -0.420. The van der Waals surface area contributed by atoms with Gasteiger partial charge in [0.25, 0.3) is 5.91 Å². The van der Waals surface area contributed by atoms with E-state index in [-0.39, 0.29) is 23.4 Å². The monoisotopic (exact) mass is 556 g/mol. The first-order chi connectivity index (χ1) is 16.1. The summed E-state index contributed by atoms with van der Waals surface area (Å²) in [6, 6.07) is 6.25. The Balaban J connectivity index is 1.77. The number of carbonyl (C=O) groups is 1. The van der Waals surface area contributed by atoms with E-state index in [9.17, 15) is 39.6 Å². The number of amidine groups is 1. The van der Waals surface area contributed by atoms with Gasteiger partial charge in [-0.2, -0.15) is 31.3 Å². The van der Waals surface area contributed by atoms with E-state index in [1.165, 1.54) is 0 Å². The van der Waals surface area contributed by atoms with Crippen LogP contribution in [0.1, 0.15) is 16.7 Å². The molecule has 2 saturated heterocycles. The fourth-order valence-electron chi connectivity index (χ4n) is 3.87. The molecule has 188 valence electrons. The number of benzene rings is 2. The molecule has 35 heavy (non-hydrogen) atoms. The van der Waals surface area contributed by atoms with Gasteiger partial charge in [-0.05, 0) is 35.9 Å². The Morgan fingerprint density at radius 1 is 1.00 bits per heavy atom. The minimum Gasteiger partial charge on any atom is -0.316 e. The number of aliphatic imine (C=N–C) groups is 1. The zero-order chi connectivity index (χ0) is 25.8. The highest BCUT2D eigenvalue weighted by Crippen LogP contribution is 2.44. The highest BCUT2D eigenvalue weighted by atomic mass is 35.5. The second kappa shape index (κ2) is 9.00. The van der Waals surface area contributed by atoms with Crippen molar-refractivity contribution in [2.75, 3.05) is 16.4 Å². The summed E-state index contributed by atoms with van der Waals surface area (Å²) < 4.78 is 105. The zero-order valence-corrected chi connectivity index (χ0v) is 19.8. The van der Waals surface area contributed by atoms with Gasteiger partial charge in [0.15, 0.2) is 15.0 Å². The number of nitrogens with zero attached hydrogens (tertiary/aromatic N) is 2. The maximum atomic E-state index is 13.4. The van der Waals surface area contributed by atoms with Gasteiger partial charge in [0.2, 0.25) is 0 Å². The van der Waals surface area contributed by atoms with Gasteiger partial charge in [-0.1, -0.05) is 35.5 Å². The van der Waals surface area contributed by atoms with Gasteiger partial charge in [-0.25, -0.2) is 8.42 Å². The molecule has 14 heteroatoms. The predicted molar refractivity (Wildman–Crippen MR) is 120 cm³/mol. The maximum Gasteiger partial charge on any atom is 0.416 e. The Bertz CT molecular complexity index is 1260. The predicted octanol–water partition coefficient (Wildman–Crippen LogP) is 5.22. The molecule has 5 nitrogen and oxygen atoms in total. The van der Waals surface area contributed by atoms with Crippen LogP contribution >= 0.6 is 23.4 Å². The molecular formula is C21H15ClF6N2O3S2. The molecule has 2 unspecified atom stereocenters. The Hall–Kier alpha value is -2.25. The number of hydrogen-bond donors (Lipinski definition) is 0. The molecule has 0 saturated carbocycles. The van der Waals surface area contributed by atoms with Crippen molar-refractivity contribution in [1.82, 2.24) is 0 Å². The molecule has 2 aliphatic heterocycles. The summed E-state index contributed by atoms with van der Waals surface area (Å²) in [5.41, 5.74) is -3.10. The Labute approximate surface area is 205 Å². The van der Waals surface area contributed by atoms with E-state index in [2.05, 4.69) is 4.99 Å². The summed E-state index contributed by atoms with van der Waals surface area (Å²) in [6.45, 7) is 0. The summed E-state index contributed by atoms with van der Waals surface area (Å²) in [4.78, 5) is 17.5. The summed E-state index contributed by atoms with van der Waals surface area (Å²) in [7, 11) is -3.59. The molecule has 2 heterocycles. The van der Waals surface area contributed by atoms with Crippen molar-refractivity contribution in [3.63, 3.8) is 0 Å². The van der Waals surface area contributed by atoms with Gasteiger partial charge in [-0.3, -0.25) is 4.79 Å². The second-order valence-corrected chi connectivity index (χ2v) is 11.8. The number of alkyl halides is 6. The van der Waals surface area contributed by atoms with E-state index in [0.29, 0.717) is 22.7 Å². The van der Waals surface area contributed by atoms with Crippen molar-refractivity contribution < 1.29 is 39.6 Å². The maximum absolute atomic E-state index is 13.4. The van der Waals surface area contributed by atoms with Crippen LogP contribution in [0.5, 0.6) is 0 Å². The average Bonchev–Trinajstić information content (AvgIpc) is 3.18. The number of halogens is 7. The largest absolute Gasteiger partial charge is 0.416 e. The first kappa shape index (κ1) is 25.8. The van der Waals surface area contributed by atoms with Crippen LogP contribution in [0.4, 0.5) is 32.0 Å². The zero-order valence-electron chi connectivity index (χ0n) is 17.4. The van der Waals surface area contributed by atoms with Crippen molar-refractivity contribution >= 4 is 50.0 Å². The van der Waals surface area contributed by atoms with Crippen LogP contribution in [0.2, 0.25) is 5.02 Å². The fourth-order valence-corrected chi connectivity index (χ4v) is 7.92. The van der Waals surface area contributed by atoms with E-state index in [1.54, 1.807) is 24.3 Å². The molecule has 1 amide bonds. The minimum atomic E-state index is -5.09. The Kier molecular flexibility index (Phi) is 6.64. The smallest absolute Gasteiger partial charge is 0.316 e. The number of fused-ring (bicyclic) bond motifs is 1. The number of rotatable bonds is 3. The van der Waals surface area contributed by atoms with Crippen LogP contribution in [0.25, 0.3) is 0 Å². The SMILES string of the molecule is O=C(Cc1ccc(Cl)cc1)N=C1SC2CS(=O)(=O)CC2N1c1cc(C(F)(F)F)cc(C(F)(F)F)c1. The Morgan fingerprint density at radius 2 is 1.57 bits per heavy atom. The first-order valence-electron chi connectivity index (χ1n) is 9.94. The lowest BCUT2D eigenvalue weighted by Gasteiger charge is -2.26. The van der Waals surface area contributed by atoms with Crippen LogP contribution in [0.15, 0.2) is 47.5 Å². The van der Waals surface area contributed by atoms with Gasteiger partial charge in [0.1, 0.15) is 0 Å². The van der Waals surface area contributed by atoms with E-state index < -0.39 is 62.0 Å². The third-order valence-electron chi connectivity index (χ3n) is 5.41. The summed E-state index contributed by atoms with van der Waals surface area (Å²) in [5.74, 6) is -1.54. The lowest BCUT2D eigenvalue weighted by molar-refractivity contribution is -0.143. The molecule has 0 spiro atoms. The van der Waals surface area contributed by atoms with E-state index in [4.69, 9.17) is 11.6 Å². The topological polar surface area (TPSA) is 66.8 Å². The van der Waals surface area contributed by atoms with Crippen molar-refractivity contribution in [3.05, 3.63) is 64.2 Å². The molecule has 2 aliphatic rings. The molecule has 2 aromatic carbocycles. The number of sulfone groups is 1. The van der Waals surface area contributed by atoms with Gasteiger partial charge >= 0.3 is 12.4 Å². The molecule has 2 aromatic rings. The van der Waals surface area contributed by atoms with E-state index in [1.807, 2.05) is 0 Å². The standard InChI is InChI=1S/C21H15ClF6N2O3S2/c22-14-3-1-11(2-4-14)5-18(31)29-19-30(16-9-35(32,33)10-17(16)34-19)15-7-12(20(23,24)25)6-13(8-15)21(26,27)28/h1-4,6-8,16-17H,5,9-10H2. The molecule has 0 bridgehead atoms. The molecule has 0 aromatic heterocycles. The highest BCUT2D eigenvalue weighted by Gasteiger charge is 2.50. The lowest BCUT2D eigenvalue weighted by Crippen LogP contribution is -2.38. The van der Waals surface area contributed by atoms with Crippen LogP contribution in [0, 0.1) is 0 Å². The molecule has 2 fully saturated rings. The number of amides is 1. The van der Waals surface area contributed by atoms with Gasteiger partial charge in [0.05, 0.1) is 35.1 Å². The average molecular weight is 557 g/mol. The second-order valence-electron chi connectivity index (χ2n) is 8.03. The summed E-state index contributed by atoms with van der Waals surface area (Å²) in [6.07, 6.45) is -10.4. The third-order valence-corrected chi connectivity index (χ3v) is 8.87. The normalized spacial score (nSPS) is 23.1. The number of thioether (sulfide) groups is 1. The number of hydrogen-bond acceptors (Lipinski definition) is 4. The number of carbonyl (C=O) groups excluding carboxylic acids is 1. The van der Waals surface area contributed by atoms with Crippen molar-refractivity contribution in [1.29, 1.82) is 0 Å². The van der Waals surface area contributed by atoms with Gasteiger partial charge in [-0.15, -0.1) is 0 Å². The summed E-state index contributed by atoms with van der Waals surface area (Å²) >= 11 is 6.65. The minimum absolute atomic E-state index is 0.0158. The first-order valence-corrected chi connectivity index (χ1v) is 13.0. The number of anilines is 1. The quantitative estimate of drug-likeness (QED) is 0.485. The van der Waals surface area contributed by atoms with Crippen LogP contribution in [-0.4, -0.2) is 42.3 Å². The Morgan fingerprint density at radius 3 is 2.11 bits per heavy atom. The molecule has 2 atom stereocenters. The van der Waals surface area contributed by atoms with Gasteiger partial charge in [0, 0.05) is 16.0 Å². The molecule has 0 radical (unpaired) electrons. The van der Waals surface area contributed by atoms with E-state index >= 15 is 0 Å². The van der Waals surface area contributed by atoms with Crippen LogP contribution < -0.4 is 4.90 Å². The van der Waals surface area contributed by atoms with Crippen LogP contribution in [0.3, 0.4) is 0 Å². The van der Waals surface area contributed by atoms with Crippen LogP contribution in [-0.2, 0) is 33.4 Å². The fraction of sp³-hybridized carbons (Fsp3) is 0.333. The van der Waals surface area contributed by atoms with Crippen molar-refractivity contribution in [2.24, 2.45) is 4.99 Å². The van der Waals surface area contributed by atoms with Gasteiger partial charge < -0.3 is 4.90 Å². The van der Waals surface area contributed by atoms with Crippen molar-refractivity contribution in [2.45, 2.75) is 30.1 Å². The highest BCUT2D eigenvalue weighted by molar-refractivity contribution is 8.16. The lowest BCUT2D eigenvalue weighted by atomic mass is 10.1. The van der Waals surface area contributed by atoms with E-state index in [0.717, 1.165) is 16.7 Å². The molecule has 0 N–H and O–H groups in total. The molecule has 4 rings (SSSR count).